The van der Waals surface area contributed by atoms with Gasteiger partial charge in [0.2, 0.25) is 5.82 Å². The average molecular weight is 294 g/mol. The van der Waals surface area contributed by atoms with Crippen LogP contribution in [0.25, 0.3) is 0 Å². The van der Waals surface area contributed by atoms with Crippen LogP contribution in [0.3, 0.4) is 0 Å². The summed E-state index contributed by atoms with van der Waals surface area (Å²) < 4.78 is 13.6. The fourth-order valence-electron chi connectivity index (χ4n) is 3.37. The molecule has 2 aliphatic rings. The van der Waals surface area contributed by atoms with Gasteiger partial charge in [-0.05, 0) is 30.9 Å². The number of nitro groups is 1. The standard InChI is InChI=1S/C14H15FN2O4/c15-11-5-8(1-3-12(11)17(20)21)14(19)16-6-9-2-4-13(18)10(9)7-16/h1,3,5,9-10,13,18H,2,4,6-7H2. The Morgan fingerprint density at radius 3 is 2.76 bits per heavy atom. The number of hydrogen-bond acceptors (Lipinski definition) is 4. The first-order chi connectivity index (χ1) is 9.97. The monoisotopic (exact) mass is 294 g/mol. The third-order valence-corrected chi connectivity index (χ3v) is 4.50. The number of aliphatic hydroxyl groups excluding tert-OH is 1. The molecule has 1 heterocycles. The van der Waals surface area contributed by atoms with Gasteiger partial charge in [-0.3, -0.25) is 14.9 Å². The molecule has 1 amide bonds. The summed E-state index contributed by atoms with van der Waals surface area (Å²) in [5.74, 6) is -0.959. The Bertz CT molecular complexity index is 607. The highest BCUT2D eigenvalue weighted by Gasteiger charge is 2.43. The molecule has 0 aromatic heterocycles. The van der Waals surface area contributed by atoms with E-state index < -0.39 is 16.4 Å². The molecular formula is C14H15FN2O4. The molecule has 1 saturated heterocycles. The molecule has 1 aromatic rings. The van der Waals surface area contributed by atoms with E-state index in [0.29, 0.717) is 19.0 Å². The van der Waals surface area contributed by atoms with Gasteiger partial charge in [-0.25, -0.2) is 0 Å². The van der Waals surface area contributed by atoms with Crippen LogP contribution in [0.4, 0.5) is 10.1 Å². The summed E-state index contributed by atoms with van der Waals surface area (Å²) in [7, 11) is 0. The van der Waals surface area contributed by atoms with E-state index in [1.807, 2.05) is 0 Å². The second-order valence-corrected chi connectivity index (χ2v) is 5.70. The van der Waals surface area contributed by atoms with Gasteiger partial charge in [-0.1, -0.05) is 0 Å². The maximum atomic E-state index is 13.6. The predicted molar refractivity (Wildman–Crippen MR) is 71.2 cm³/mol. The number of carbonyl (C=O) groups excluding carboxylic acids is 1. The highest BCUT2D eigenvalue weighted by atomic mass is 19.1. The molecule has 0 bridgehead atoms. The maximum absolute atomic E-state index is 13.6. The zero-order valence-corrected chi connectivity index (χ0v) is 11.2. The molecule has 7 heteroatoms. The lowest BCUT2D eigenvalue weighted by Gasteiger charge is -2.18. The van der Waals surface area contributed by atoms with Crippen molar-refractivity contribution in [1.29, 1.82) is 0 Å². The number of aliphatic hydroxyl groups is 1. The van der Waals surface area contributed by atoms with Gasteiger partial charge in [0.05, 0.1) is 11.0 Å². The van der Waals surface area contributed by atoms with Crippen molar-refractivity contribution in [2.75, 3.05) is 13.1 Å². The van der Waals surface area contributed by atoms with Crippen molar-refractivity contribution in [3.8, 4) is 0 Å². The molecule has 1 N–H and O–H groups in total. The van der Waals surface area contributed by atoms with Crippen LogP contribution in [0.1, 0.15) is 23.2 Å². The fourth-order valence-corrected chi connectivity index (χ4v) is 3.37. The minimum atomic E-state index is -1.01. The Balaban J connectivity index is 1.77. The molecule has 3 atom stereocenters. The zero-order valence-electron chi connectivity index (χ0n) is 11.2. The topological polar surface area (TPSA) is 83.7 Å². The lowest BCUT2D eigenvalue weighted by atomic mass is 10.00. The van der Waals surface area contributed by atoms with Gasteiger partial charge in [0.1, 0.15) is 0 Å². The SMILES string of the molecule is O=C(c1ccc([N+](=O)[O-])c(F)c1)N1CC2CCC(O)C2C1. The Morgan fingerprint density at radius 1 is 1.38 bits per heavy atom. The van der Waals surface area contributed by atoms with E-state index in [0.717, 1.165) is 25.0 Å². The van der Waals surface area contributed by atoms with Gasteiger partial charge in [0, 0.05) is 30.6 Å². The molecule has 1 aliphatic carbocycles. The number of halogens is 1. The summed E-state index contributed by atoms with van der Waals surface area (Å²) in [5, 5.41) is 20.4. The molecule has 6 nitrogen and oxygen atoms in total. The normalized spacial score (nSPS) is 27.7. The second-order valence-electron chi connectivity index (χ2n) is 5.70. The smallest absolute Gasteiger partial charge is 0.304 e. The van der Waals surface area contributed by atoms with Crippen molar-refractivity contribution in [2.24, 2.45) is 11.8 Å². The first kappa shape index (κ1) is 13.9. The van der Waals surface area contributed by atoms with Crippen molar-refractivity contribution in [3.63, 3.8) is 0 Å². The first-order valence-corrected chi connectivity index (χ1v) is 6.88. The average Bonchev–Trinajstić information content (AvgIpc) is 3.00. The number of carbonyl (C=O) groups is 1. The summed E-state index contributed by atoms with van der Waals surface area (Å²) in [6, 6.07) is 3.19. The molecular weight excluding hydrogens is 279 g/mol. The Kier molecular flexibility index (Phi) is 3.36. The van der Waals surface area contributed by atoms with Crippen LogP contribution in [0.2, 0.25) is 0 Å². The lowest BCUT2D eigenvalue weighted by Crippen LogP contribution is -2.31. The molecule has 112 valence electrons. The van der Waals surface area contributed by atoms with E-state index in [1.165, 1.54) is 6.07 Å². The van der Waals surface area contributed by atoms with Crippen LogP contribution < -0.4 is 0 Å². The third kappa shape index (κ3) is 2.37. The van der Waals surface area contributed by atoms with E-state index in [9.17, 15) is 24.4 Å². The largest absolute Gasteiger partial charge is 0.393 e. The van der Waals surface area contributed by atoms with Gasteiger partial charge in [0.15, 0.2) is 0 Å². The molecule has 1 aromatic carbocycles. The highest BCUT2D eigenvalue weighted by molar-refractivity contribution is 5.94. The fraction of sp³-hybridized carbons (Fsp3) is 0.500. The van der Waals surface area contributed by atoms with Gasteiger partial charge in [-0.2, -0.15) is 4.39 Å². The van der Waals surface area contributed by atoms with E-state index in [1.54, 1.807) is 4.90 Å². The molecule has 1 aliphatic heterocycles. The van der Waals surface area contributed by atoms with E-state index >= 15 is 0 Å². The van der Waals surface area contributed by atoms with Crippen molar-refractivity contribution in [3.05, 3.63) is 39.7 Å². The maximum Gasteiger partial charge on any atom is 0.304 e. The van der Waals surface area contributed by atoms with E-state index in [2.05, 4.69) is 0 Å². The molecule has 1 saturated carbocycles. The Hall–Kier alpha value is -2.02. The number of hydrogen-bond donors (Lipinski definition) is 1. The second kappa shape index (κ2) is 5.07. The van der Waals surface area contributed by atoms with Crippen molar-refractivity contribution in [2.45, 2.75) is 18.9 Å². The van der Waals surface area contributed by atoms with Crippen LogP contribution in [0.15, 0.2) is 18.2 Å². The number of benzene rings is 1. The van der Waals surface area contributed by atoms with Crippen molar-refractivity contribution >= 4 is 11.6 Å². The van der Waals surface area contributed by atoms with Gasteiger partial charge in [0.25, 0.3) is 5.91 Å². The number of likely N-dealkylation sites (tertiary alicyclic amines) is 1. The summed E-state index contributed by atoms with van der Waals surface area (Å²) in [6.07, 6.45) is 1.29. The number of nitro benzene ring substituents is 1. The van der Waals surface area contributed by atoms with Crippen LogP contribution in [0, 0.1) is 27.8 Å². The lowest BCUT2D eigenvalue weighted by molar-refractivity contribution is -0.387. The first-order valence-electron chi connectivity index (χ1n) is 6.88. The molecule has 3 unspecified atom stereocenters. The molecule has 2 fully saturated rings. The van der Waals surface area contributed by atoms with E-state index in [-0.39, 0.29) is 23.5 Å². The minimum absolute atomic E-state index is 0.0943. The molecule has 0 spiro atoms. The minimum Gasteiger partial charge on any atom is -0.393 e. The van der Waals surface area contributed by atoms with Crippen molar-refractivity contribution < 1.29 is 19.2 Å². The van der Waals surface area contributed by atoms with Crippen LogP contribution in [-0.4, -0.2) is 40.0 Å². The molecule has 0 radical (unpaired) electrons. The Labute approximate surface area is 120 Å². The van der Waals surface area contributed by atoms with Gasteiger partial charge in [-0.15, -0.1) is 0 Å². The predicted octanol–water partition coefficient (Wildman–Crippen LogP) is 1.58. The quantitative estimate of drug-likeness (QED) is 0.663. The molecule has 21 heavy (non-hydrogen) atoms. The number of rotatable bonds is 2. The van der Waals surface area contributed by atoms with Crippen molar-refractivity contribution in [1.82, 2.24) is 4.90 Å². The number of fused-ring (bicyclic) bond motifs is 1. The number of amides is 1. The summed E-state index contributed by atoms with van der Waals surface area (Å²) >= 11 is 0. The van der Waals surface area contributed by atoms with Gasteiger partial charge < -0.3 is 10.0 Å². The van der Waals surface area contributed by atoms with Crippen LogP contribution >= 0.6 is 0 Å². The third-order valence-electron chi connectivity index (χ3n) is 4.50. The zero-order chi connectivity index (χ0) is 15.1. The summed E-state index contributed by atoms with van der Waals surface area (Å²) in [4.78, 5) is 23.7. The summed E-state index contributed by atoms with van der Waals surface area (Å²) in [6.45, 7) is 1.02. The highest BCUT2D eigenvalue weighted by Crippen LogP contribution is 2.38. The van der Waals surface area contributed by atoms with Crippen LogP contribution in [-0.2, 0) is 0 Å². The Morgan fingerprint density at radius 2 is 2.14 bits per heavy atom. The summed E-state index contributed by atoms with van der Waals surface area (Å²) in [5.41, 5.74) is -0.534. The van der Waals surface area contributed by atoms with E-state index in [4.69, 9.17) is 0 Å². The van der Waals surface area contributed by atoms with Gasteiger partial charge >= 0.3 is 5.69 Å². The van der Waals surface area contributed by atoms with Crippen LogP contribution in [0.5, 0.6) is 0 Å². The molecule has 3 rings (SSSR count). The number of nitrogens with zero attached hydrogens (tertiary/aromatic N) is 2.